The SMILES string of the molecule is Cc1cccn2cc(-c3ccc(NC=C(C#N)C#N)cc3)nc12. The highest BCUT2D eigenvalue weighted by Gasteiger charge is 2.05. The van der Waals surface area contributed by atoms with Crippen molar-refractivity contribution < 1.29 is 0 Å². The van der Waals surface area contributed by atoms with Crippen molar-refractivity contribution in [2.45, 2.75) is 6.92 Å². The van der Waals surface area contributed by atoms with Gasteiger partial charge in [0.1, 0.15) is 23.4 Å². The Morgan fingerprint density at radius 3 is 2.57 bits per heavy atom. The second kappa shape index (κ2) is 6.05. The summed E-state index contributed by atoms with van der Waals surface area (Å²) in [6.45, 7) is 2.04. The van der Waals surface area contributed by atoms with Gasteiger partial charge in [-0.25, -0.2) is 4.98 Å². The van der Waals surface area contributed by atoms with E-state index in [-0.39, 0.29) is 5.57 Å². The minimum atomic E-state index is 0.0323. The topological polar surface area (TPSA) is 76.9 Å². The molecule has 0 fully saturated rings. The molecule has 0 unspecified atom stereocenters. The van der Waals surface area contributed by atoms with E-state index >= 15 is 0 Å². The molecule has 1 N–H and O–H groups in total. The maximum Gasteiger partial charge on any atom is 0.145 e. The predicted molar refractivity (Wildman–Crippen MR) is 88.3 cm³/mol. The summed E-state index contributed by atoms with van der Waals surface area (Å²) in [6, 6.07) is 15.3. The summed E-state index contributed by atoms with van der Waals surface area (Å²) >= 11 is 0. The van der Waals surface area contributed by atoms with Crippen LogP contribution in [0.2, 0.25) is 0 Å². The molecule has 2 aromatic heterocycles. The third kappa shape index (κ3) is 2.90. The first-order chi connectivity index (χ1) is 11.2. The lowest BCUT2D eigenvalue weighted by atomic mass is 10.1. The molecule has 0 bridgehead atoms. The molecule has 0 radical (unpaired) electrons. The zero-order valence-corrected chi connectivity index (χ0v) is 12.5. The first-order valence-electron chi connectivity index (χ1n) is 7.03. The molecular weight excluding hydrogens is 286 g/mol. The highest BCUT2D eigenvalue weighted by atomic mass is 15.0. The smallest absolute Gasteiger partial charge is 0.145 e. The third-order valence-corrected chi connectivity index (χ3v) is 3.48. The van der Waals surface area contributed by atoms with Gasteiger partial charge in [0.05, 0.1) is 5.69 Å². The maximum absolute atomic E-state index is 8.70. The van der Waals surface area contributed by atoms with E-state index in [9.17, 15) is 0 Å². The summed E-state index contributed by atoms with van der Waals surface area (Å²) in [4.78, 5) is 4.66. The fraction of sp³-hybridized carbons (Fsp3) is 0.0556. The summed E-state index contributed by atoms with van der Waals surface area (Å²) in [7, 11) is 0. The van der Waals surface area contributed by atoms with E-state index in [1.807, 2.05) is 60.1 Å². The molecule has 3 aromatic rings. The third-order valence-electron chi connectivity index (χ3n) is 3.48. The zero-order chi connectivity index (χ0) is 16.2. The van der Waals surface area contributed by atoms with Crippen LogP contribution in [0.25, 0.3) is 16.9 Å². The van der Waals surface area contributed by atoms with Crippen LogP contribution in [0.3, 0.4) is 0 Å². The molecule has 1 aromatic carbocycles. The van der Waals surface area contributed by atoms with Crippen molar-refractivity contribution in [1.82, 2.24) is 9.38 Å². The Labute approximate surface area is 133 Å². The number of allylic oxidation sites excluding steroid dienone is 1. The molecule has 110 valence electrons. The summed E-state index contributed by atoms with van der Waals surface area (Å²) in [5, 5.41) is 20.3. The largest absolute Gasteiger partial charge is 0.360 e. The minimum Gasteiger partial charge on any atom is -0.360 e. The standard InChI is InChI=1S/C18H13N5/c1-13-3-2-8-23-12-17(22-18(13)23)15-4-6-16(7-5-15)21-11-14(9-19)10-20/h2-8,11-12,21H,1H3. The number of imidazole rings is 1. The zero-order valence-electron chi connectivity index (χ0n) is 12.5. The Morgan fingerprint density at radius 1 is 1.17 bits per heavy atom. The fourth-order valence-corrected chi connectivity index (χ4v) is 2.28. The number of nitriles is 2. The van der Waals surface area contributed by atoms with Crippen LogP contribution < -0.4 is 5.32 Å². The number of rotatable bonds is 3. The van der Waals surface area contributed by atoms with E-state index < -0.39 is 0 Å². The van der Waals surface area contributed by atoms with E-state index in [0.29, 0.717) is 0 Å². The van der Waals surface area contributed by atoms with E-state index in [0.717, 1.165) is 28.2 Å². The average Bonchev–Trinajstić information content (AvgIpc) is 3.02. The van der Waals surface area contributed by atoms with Gasteiger partial charge in [-0.15, -0.1) is 0 Å². The minimum absolute atomic E-state index is 0.0323. The number of anilines is 1. The van der Waals surface area contributed by atoms with Crippen molar-refractivity contribution in [3.63, 3.8) is 0 Å². The summed E-state index contributed by atoms with van der Waals surface area (Å²) < 4.78 is 2.01. The molecule has 0 atom stereocenters. The highest BCUT2D eigenvalue weighted by molar-refractivity contribution is 5.66. The van der Waals surface area contributed by atoms with Crippen molar-refractivity contribution >= 4 is 11.3 Å². The molecule has 3 rings (SSSR count). The van der Waals surface area contributed by atoms with Crippen molar-refractivity contribution in [3.8, 4) is 23.4 Å². The van der Waals surface area contributed by atoms with E-state index in [1.165, 1.54) is 6.20 Å². The van der Waals surface area contributed by atoms with Crippen molar-refractivity contribution in [3.05, 3.63) is 66.1 Å². The van der Waals surface area contributed by atoms with Crippen LogP contribution in [0, 0.1) is 29.6 Å². The van der Waals surface area contributed by atoms with Crippen LogP contribution >= 0.6 is 0 Å². The Kier molecular flexibility index (Phi) is 3.78. The Hall–Kier alpha value is -3.57. The van der Waals surface area contributed by atoms with Crippen molar-refractivity contribution in [2.75, 3.05) is 5.32 Å². The number of aromatic nitrogens is 2. The number of nitrogens with zero attached hydrogens (tertiary/aromatic N) is 4. The Morgan fingerprint density at radius 2 is 1.91 bits per heavy atom. The number of nitrogens with one attached hydrogen (secondary N) is 1. The molecule has 0 aliphatic rings. The molecule has 0 aliphatic carbocycles. The van der Waals surface area contributed by atoms with Gasteiger partial charge in [0.2, 0.25) is 0 Å². The second-order valence-corrected chi connectivity index (χ2v) is 5.05. The van der Waals surface area contributed by atoms with Crippen LogP contribution in [0.1, 0.15) is 5.56 Å². The van der Waals surface area contributed by atoms with Gasteiger partial charge in [-0.1, -0.05) is 18.2 Å². The van der Waals surface area contributed by atoms with Crippen molar-refractivity contribution in [1.29, 1.82) is 10.5 Å². The lowest BCUT2D eigenvalue weighted by molar-refractivity contribution is 1.16. The van der Waals surface area contributed by atoms with Crippen molar-refractivity contribution in [2.24, 2.45) is 0 Å². The van der Waals surface area contributed by atoms with Gasteiger partial charge in [-0.2, -0.15) is 10.5 Å². The molecular formula is C18H13N5. The number of hydrogen-bond donors (Lipinski definition) is 1. The first kappa shape index (κ1) is 14.4. The number of aryl methyl sites for hydroxylation is 1. The number of benzene rings is 1. The number of pyridine rings is 1. The van der Waals surface area contributed by atoms with E-state index in [2.05, 4.69) is 10.3 Å². The molecule has 0 spiro atoms. The average molecular weight is 299 g/mol. The van der Waals surface area contributed by atoms with Gasteiger partial charge in [0.15, 0.2) is 0 Å². The summed E-state index contributed by atoms with van der Waals surface area (Å²) in [5.74, 6) is 0. The van der Waals surface area contributed by atoms with Gasteiger partial charge in [0.25, 0.3) is 0 Å². The molecule has 5 nitrogen and oxygen atoms in total. The lowest BCUT2D eigenvalue weighted by Crippen LogP contribution is -1.89. The number of fused-ring (bicyclic) bond motifs is 1. The van der Waals surface area contributed by atoms with Crippen LogP contribution in [0.4, 0.5) is 5.69 Å². The van der Waals surface area contributed by atoms with E-state index in [1.54, 1.807) is 12.1 Å². The predicted octanol–water partition coefficient (Wildman–Crippen LogP) is 3.65. The van der Waals surface area contributed by atoms with Gasteiger partial charge in [-0.3, -0.25) is 0 Å². The summed E-state index contributed by atoms with van der Waals surface area (Å²) in [5.41, 5.74) is 4.81. The fourth-order valence-electron chi connectivity index (χ4n) is 2.28. The molecule has 0 saturated heterocycles. The molecule has 0 aliphatic heterocycles. The lowest BCUT2D eigenvalue weighted by Gasteiger charge is -2.01. The molecule has 2 heterocycles. The molecule has 5 heteroatoms. The monoisotopic (exact) mass is 299 g/mol. The van der Waals surface area contributed by atoms with Gasteiger partial charge >= 0.3 is 0 Å². The molecule has 0 saturated carbocycles. The van der Waals surface area contributed by atoms with E-state index in [4.69, 9.17) is 10.5 Å². The Balaban J connectivity index is 1.87. The van der Waals surface area contributed by atoms with Crippen LogP contribution in [-0.2, 0) is 0 Å². The quantitative estimate of drug-likeness (QED) is 0.749. The first-order valence-corrected chi connectivity index (χ1v) is 7.03. The normalized spacial score (nSPS) is 9.87. The van der Waals surface area contributed by atoms with Crippen LogP contribution in [0.15, 0.2) is 60.6 Å². The van der Waals surface area contributed by atoms with Crippen LogP contribution in [-0.4, -0.2) is 9.38 Å². The second-order valence-electron chi connectivity index (χ2n) is 5.05. The number of hydrogen-bond acceptors (Lipinski definition) is 4. The van der Waals surface area contributed by atoms with Gasteiger partial charge in [0, 0.05) is 29.8 Å². The Bertz CT molecular complexity index is 949. The highest BCUT2D eigenvalue weighted by Crippen LogP contribution is 2.22. The van der Waals surface area contributed by atoms with Gasteiger partial charge < -0.3 is 9.72 Å². The summed E-state index contributed by atoms with van der Waals surface area (Å²) in [6.07, 6.45) is 5.36. The molecule has 23 heavy (non-hydrogen) atoms. The molecule has 0 amide bonds. The van der Waals surface area contributed by atoms with Crippen LogP contribution in [0.5, 0.6) is 0 Å². The van der Waals surface area contributed by atoms with Gasteiger partial charge in [-0.05, 0) is 30.7 Å². The maximum atomic E-state index is 8.70.